The number of hydrogen-bond donors (Lipinski definition) is 2. The summed E-state index contributed by atoms with van der Waals surface area (Å²) >= 11 is 5.81. The Morgan fingerprint density at radius 2 is 1.80 bits per heavy atom. The maximum Gasteiger partial charge on any atom is 0.416 e. The maximum absolute atomic E-state index is 13.7. The van der Waals surface area contributed by atoms with Crippen LogP contribution in [0.2, 0.25) is 5.02 Å². The third kappa shape index (κ3) is 6.56. The summed E-state index contributed by atoms with van der Waals surface area (Å²) in [6, 6.07) is 16.0. The van der Waals surface area contributed by atoms with E-state index in [1.165, 1.54) is 12.1 Å². The summed E-state index contributed by atoms with van der Waals surface area (Å²) in [4.78, 5) is 13.7. The molecule has 0 aliphatic carbocycles. The van der Waals surface area contributed by atoms with E-state index in [1.807, 2.05) is 6.92 Å². The fourth-order valence-corrected chi connectivity index (χ4v) is 5.57. The summed E-state index contributed by atoms with van der Waals surface area (Å²) in [7, 11) is -1.13. The standard InChI is InChI=1S/C29H27ClF4N2O3S/c1-2-40(39)24-8-4-18(5-9-24)26(17-37)35-28(38)20-6-10-27-21(13-20)15-23(36(27)12-11-31)14-19-3-7-22(30)16-25(19)29(32,33)34/h3-10,13,15-16,26,37H,2,11-12,14,17H2,1H3,(H,35,38). The van der Waals surface area contributed by atoms with Gasteiger partial charge in [-0.2, -0.15) is 13.2 Å². The molecule has 0 radical (unpaired) electrons. The third-order valence-corrected chi connectivity index (χ3v) is 8.16. The molecule has 0 aliphatic heterocycles. The van der Waals surface area contributed by atoms with Gasteiger partial charge in [0.1, 0.15) is 6.67 Å². The Kier molecular flexibility index (Phi) is 9.33. The van der Waals surface area contributed by atoms with Crippen LogP contribution in [0, 0.1) is 0 Å². The number of hydrogen-bond acceptors (Lipinski definition) is 3. The molecule has 2 atom stereocenters. The number of aromatic nitrogens is 1. The summed E-state index contributed by atoms with van der Waals surface area (Å²) in [5.41, 5.74) is 1.06. The number of carbonyl (C=O) groups excluding carboxylic acids is 1. The first kappa shape index (κ1) is 29.8. The highest BCUT2D eigenvalue weighted by Gasteiger charge is 2.33. The van der Waals surface area contributed by atoms with Crippen LogP contribution in [0.1, 0.15) is 45.7 Å². The predicted molar refractivity (Wildman–Crippen MR) is 148 cm³/mol. The lowest BCUT2D eigenvalue weighted by atomic mass is 10.0. The lowest BCUT2D eigenvalue weighted by Gasteiger charge is -2.17. The summed E-state index contributed by atoms with van der Waals surface area (Å²) in [6.45, 7) is 0.646. The molecule has 2 N–H and O–H groups in total. The number of carbonyl (C=O) groups is 1. The van der Waals surface area contributed by atoms with E-state index in [0.717, 1.165) is 6.07 Å². The van der Waals surface area contributed by atoms with Gasteiger partial charge in [-0.3, -0.25) is 9.00 Å². The van der Waals surface area contributed by atoms with Crippen molar-refractivity contribution in [2.45, 2.75) is 37.0 Å². The summed E-state index contributed by atoms with van der Waals surface area (Å²) in [5.74, 6) is -0.000966. The van der Waals surface area contributed by atoms with Crippen LogP contribution in [-0.4, -0.2) is 38.8 Å². The summed E-state index contributed by atoms with van der Waals surface area (Å²) in [6.07, 6.45) is -4.73. The molecule has 40 heavy (non-hydrogen) atoms. The van der Waals surface area contributed by atoms with Crippen LogP contribution >= 0.6 is 11.6 Å². The third-order valence-electron chi connectivity index (χ3n) is 6.60. The highest BCUT2D eigenvalue weighted by atomic mass is 35.5. The second-order valence-corrected chi connectivity index (χ2v) is 11.3. The number of halogens is 5. The lowest BCUT2D eigenvalue weighted by Crippen LogP contribution is -2.30. The minimum atomic E-state index is -4.61. The number of nitrogens with one attached hydrogen (secondary N) is 1. The quantitative estimate of drug-likeness (QED) is 0.207. The van der Waals surface area contributed by atoms with Crippen molar-refractivity contribution in [3.05, 3.63) is 99.7 Å². The number of aliphatic hydroxyl groups excluding tert-OH is 1. The SMILES string of the molecule is CCS(=O)c1ccc(C(CO)NC(=O)c2ccc3c(c2)cc(Cc2ccc(Cl)cc2C(F)(F)F)n3CCF)cc1. The number of nitrogens with zero attached hydrogens (tertiary/aromatic N) is 1. The van der Waals surface area contributed by atoms with Crippen LogP contribution in [0.5, 0.6) is 0 Å². The Hall–Kier alpha value is -3.21. The van der Waals surface area contributed by atoms with E-state index in [1.54, 1.807) is 53.1 Å². The molecule has 0 saturated heterocycles. The van der Waals surface area contributed by atoms with E-state index < -0.39 is 41.2 Å². The van der Waals surface area contributed by atoms with Crippen molar-refractivity contribution in [2.75, 3.05) is 19.0 Å². The van der Waals surface area contributed by atoms with Gasteiger partial charge in [0.25, 0.3) is 5.91 Å². The normalized spacial score (nSPS) is 13.4. The van der Waals surface area contributed by atoms with Gasteiger partial charge in [0, 0.05) is 44.3 Å². The van der Waals surface area contributed by atoms with Crippen molar-refractivity contribution in [3.63, 3.8) is 0 Å². The van der Waals surface area contributed by atoms with Gasteiger partial charge < -0.3 is 15.0 Å². The molecule has 5 nitrogen and oxygen atoms in total. The molecule has 1 amide bonds. The smallest absolute Gasteiger partial charge is 0.394 e. The Morgan fingerprint density at radius 3 is 2.42 bits per heavy atom. The first-order valence-corrected chi connectivity index (χ1v) is 14.2. The van der Waals surface area contributed by atoms with E-state index in [-0.39, 0.29) is 35.7 Å². The van der Waals surface area contributed by atoms with Gasteiger partial charge in [0.05, 0.1) is 35.6 Å². The van der Waals surface area contributed by atoms with Gasteiger partial charge >= 0.3 is 6.18 Å². The highest BCUT2D eigenvalue weighted by Crippen LogP contribution is 2.35. The molecule has 3 aromatic carbocycles. The van der Waals surface area contributed by atoms with Gasteiger partial charge in [-0.25, -0.2) is 4.39 Å². The summed E-state index contributed by atoms with van der Waals surface area (Å²) < 4.78 is 68.0. The zero-order valence-corrected chi connectivity index (χ0v) is 23.0. The first-order chi connectivity index (χ1) is 19.0. The van der Waals surface area contributed by atoms with Crippen LogP contribution in [0.4, 0.5) is 17.6 Å². The highest BCUT2D eigenvalue weighted by molar-refractivity contribution is 7.85. The number of fused-ring (bicyclic) bond motifs is 1. The zero-order chi connectivity index (χ0) is 29.0. The Balaban J connectivity index is 1.62. The van der Waals surface area contributed by atoms with Crippen molar-refractivity contribution >= 4 is 39.2 Å². The second-order valence-electron chi connectivity index (χ2n) is 9.14. The molecule has 0 bridgehead atoms. The molecular weight excluding hydrogens is 568 g/mol. The average Bonchev–Trinajstić information content (AvgIpc) is 3.27. The number of rotatable bonds is 10. The van der Waals surface area contributed by atoms with Crippen molar-refractivity contribution in [1.82, 2.24) is 9.88 Å². The van der Waals surface area contributed by atoms with Crippen molar-refractivity contribution < 1.29 is 31.7 Å². The lowest BCUT2D eigenvalue weighted by molar-refractivity contribution is -0.138. The summed E-state index contributed by atoms with van der Waals surface area (Å²) in [5, 5.41) is 13.2. The molecule has 0 aliphatic rings. The molecule has 4 aromatic rings. The Morgan fingerprint density at radius 1 is 1.07 bits per heavy atom. The molecule has 2 unspecified atom stereocenters. The van der Waals surface area contributed by atoms with E-state index in [0.29, 0.717) is 32.8 Å². The number of aryl methyl sites for hydroxylation is 1. The fourth-order valence-electron chi connectivity index (χ4n) is 4.62. The van der Waals surface area contributed by atoms with Crippen molar-refractivity contribution in [1.29, 1.82) is 0 Å². The molecule has 0 saturated carbocycles. The van der Waals surface area contributed by atoms with Gasteiger partial charge in [-0.1, -0.05) is 36.7 Å². The van der Waals surface area contributed by atoms with Crippen LogP contribution in [-0.2, 0) is 29.9 Å². The van der Waals surface area contributed by atoms with Gasteiger partial charge in [-0.05, 0) is 59.7 Å². The molecular formula is C29H27ClF4N2O3S. The van der Waals surface area contributed by atoms with Crippen LogP contribution in [0.15, 0.2) is 71.6 Å². The van der Waals surface area contributed by atoms with Gasteiger partial charge in [-0.15, -0.1) is 0 Å². The van der Waals surface area contributed by atoms with E-state index in [4.69, 9.17) is 11.6 Å². The number of benzene rings is 3. The topological polar surface area (TPSA) is 71.3 Å². The predicted octanol–water partition coefficient (Wildman–Crippen LogP) is 6.46. The molecule has 0 spiro atoms. The van der Waals surface area contributed by atoms with Gasteiger partial charge in [0.15, 0.2) is 0 Å². The molecule has 1 heterocycles. The van der Waals surface area contributed by atoms with Crippen LogP contribution in [0.3, 0.4) is 0 Å². The average molecular weight is 595 g/mol. The Labute approximate surface area is 236 Å². The number of aliphatic hydroxyl groups is 1. The Bertz CT molecular complexity index is 1540. The van der Waals surface area contributed by atoms with E-state index in [2.05, 4.69) is 5.32 Å². The van der Waals surface area contributed by atoms with Crippen molar-refractivity contribution in [2.24, 2.45) is 0 Å². The van der Waals surface area contributed by atoms with Gasteiger partial charge in [0.2, 0.25) is 0 Å². The minimum absolute atomic E-state index is 0.00245. The van der Waals surface area contributed by atoms with Crippen LogP contribution < -0.4 is 5.32 Å². The largest absolute Gasteiger partial charge is 0.416 e. The monoisotopic (exact) mass is 594 g/mol. The molecule has 212 valence electrons. The molecule has 11 heteroatoms. The number of alkyl halides is 4. The fraction of sp³-hybridized carbons (Fsp3) is 0.276. The molecule has 0 fully saturated rings. The van der Waals surface area contributed by atoms with E-state index >= 15 is 0 Å². The second kappa shape index (κ2) is 12.5. The molecule has 4 rings (SSSR count). The maximum atomic E-state index is 13.7. The minimum Gasteiger partial charge on any atom is -0.394 e. The van der Waals surface area contributed by atoms with Crippen molar-refractivity contribution in [3.8, 4) is 0 Å². The van der Waals surface area contributed by atoms with E-state index in [9.17, 15) is 31.7 Å². The zero-order valence-electron chi connectivity index (χ0n) is 21.5. The molecule has 1 aromatic heterocycles. The van der Waals surface area contributed by atoms with Crippen LogP contribution in [0.25, 0.3) is 10.9 Å². The first-order valence-electron chi connectivity index (χ1n) is 12.5. The number of amides is 1.